The topological polar surface area (TPSA) is 72.2 Å². The predicted molar refractivity (Wildman–Crippen MR) is 76.6 cm³/mol. The van der Waals surface area contributed by atoms with E-state index in [2.05, 4.69) is 4.72 Å². The number of halogens is 2. The van der Waals surface area contributed by atoms with Crippen molar-refractivity contribution >= 4 is 27.3 Å². The Morgan fingerprint density at radius 3 is 2.60 bits per heavy atom. The standard InChI is InChI=1S/C13H12ClFN2O2S/c14-12-5-4-9(8-16)6-13(12)20(18,19)17-11-3-1-2-10(15)7-11/h1-7,17H,8,16H2. The SMILES string of the molecule is NCc1ccc(Cl)c(S(=O)(=O)Nc2cccc(F)c2)c1. The molecule has 0 amide bonds. The molecular formula is C13H12ClFN2O2S. The van der Waals surface area contributed by atoms with Gasteiger partial charge in [-0.25, -0.2) is 12.8 Å². The molecule has 0 aliphatic rings. The van der Waals surface area contributed by atoms with Gasteiger partial charge < -0.3 is 5.73 Å². The molecule has 0 radical (unpaired) electrons. The summed E-state index contributed by atoms with van der Waals surface area (Å²) in [5, 5.41) is 0.0751. The van der Waals surface area contributed by atoms with Crippen LogP contribution in [0.2, 0.25) is 5.02 Å². The van der Waals surface area contributed by atoms with Gasteiger partial charge in [-0.2, -0.15) is 0 Å². The Bertz CT molecular complexity index is 735. The zero-order valence-electron chi connectivity index (χ0n) is 10.3. The number of rotatable bonds is 4. The number of nitrogens with two attached hydrogens (primary N) is 1. The molecule has 0 aromatic heterocycles. The van der Waals surface area contributed by atoms with Gasteiger partial charge in [0.05, 0.1) is 10.7 Å². The van der Waals surface area contributed by atoms with E-state index in [9.17, 15) is 12.8 Å². The molecule has 0 saturated heterocycles. The van der Waals surface area contributed by atoms with Gasteiger partial charge in [-0.3, -0.25) is 4.72 Å². The molecule has 0 unspecified atom stereocenters. The first-order valence-electron chi connectivity index (χ1n) is 5.69. The molecule has 106 valence electrons. The van der Waals surface area contributed by atoms with Gasteiger partial charge in [0.2, 0.25) is 0 Å². The second kappa shape index (κ2) is 5.78. The Kier molecular flexibility index (Phi) is 4.27. The lowest BCUT2D eigenvalue weighted by Gasteiger charge is -2.10. The molecule has 2 aromatic carbocycles. The molecule has 0 aliphatic carbocycles. The van der Waals surface area contributed by atoms with Crippen LogP contribution in [0.5, 0.6) is 0 Å². The van der Waals surface area contributed by atoms with Crippen LogP contribution in [0.3, 0.4) is 0 Å². The molecule has 20 heavy (non-hydrogen) atoms. The Balaban J connectivity index is 2.40. The lowest BCUT2D eigenvalue weighted by atomic mass is 10.2. The first kappa shape index (κ1) is 14.8. The van der Waals surface area contributed by atoms with E-state index in [0.717, 1.165) is 6.07 Å². The predicted octanol–water partition coefficient (Wildman–Crippen LogP) is 2.74. The van der Waals surface area contributed by atoms with Crippen molar-refractivity contribution in [3.8, 4) is 0 Å². The minimum absolute atomic E-state index is 0.0751. The van der Waals surface area contributed by atoms with Gasteiger partial charge in [0.15, 0.2) is 0 Å². The van der Waals surface area contributed by atoms with Crippen LogP contribution in [0.15, 0.2) is 47.4 Å². The summed E-state index contributed by atoms with van der Waals surface area (Å²) in [5.41, 5.74) is 6.23. The fourth-order valence-electron chi connectivity index (χ4n) is 1.64. The van der Waals surface area contributed by atoms with Gasteiger partial charge >= 0.3 is 0 Å². The van der Waals surface area contributed by atoms with E-state index in [4.69, 9.17) is 17.3 Å². The molecule has 7 heteroatoms. The highest BCUT2D eigenvalue weighted by Crippen LogP contribution is 2.25. The maximum Gasteiger partial charge on any atom is 0.263 e. The number of hydrogen-bond donors (Lipinski definition) is 2. The summed E-state index contributed by atoms with van der Waals surface area (Å²) >= 11 is 5.90. The molecular weight excluding hydrogens is 303 g/mol. The minimum Gasteiger partial charge on any atom is -0.326 e. The van der Waals surface area contributed by atoms with Gasteiger partial charge in [0.25, 0.3) is 10.0 Å². The fourth-order valence-corrected chi connectivity index (χ4v) is 3.24. The van der Waals surface area contributed by atoms with E-state index in [1.165, 1.54) is 30.3 Å². The third-order valence-corrected chi connectivity index (χ3v) is 4.46. The van der Waals surface area contributed by atoms with Crippen molar-refractivity contribution in [3.63, 3.8) is 0 Å². The van der Waals surface area contributed by atoms with Crippen LogP contribution in [-0.4, -0.2) is 8.42 Å². The summed E-state index contributed by atoms with van der Waals surface area (Å²) < 4.78 is 39.8. The van der Waals surface area contributed by atoms with E-state index in [-0.39, 0.29) is 22.2 Å². The molecule has 0 aliphatic heterocycles. The van der Waals surface area contributed by atoms with E-state index in [0.29, 0.717) is 5.56 Å². The summed E-state index contributed by atoms with van der Waals surface area (Å²) in [6.07, 6.45) is 0. The summed E-state index contributed by atoms with van der Waals surface area (Å²) in [6, 6.07) is 9.65. The molecule has 0 heterocycles. The van der Waals surface area contributed by atoms with Crippen molar-refractivity contribution in [2.24, 2.45) is 5.73 Å². The second-order valence-electron chi connectivity index (χ2n) is 4.08. The maximum absolute atomic E-state index is 13.1. The smallest absolute Gasteiger partial charge is 0.263 e. The molecule has 0 fully saturated rings. The average Bonchev–Trinajstić information content (AvgIpc) is 2.38. The molecule has 3 N–H and O–H groups in total. The fraction of sp³-hybridized carbons (Fsp3) is 0.0769. The number of anilines is 1. The van der Waals surface area contributed by atoms with Crippen LogP contribution in [0.25, 0.3) is 0 Å². The van der Waals surface area contributed by atoms with Crippen molar-refractivity contribution in [1.29, 1.82) is 0 Å². The normalized spacial score (nSPS) is 11.3. The average molecular weight is 315 g/mol. The zero-order chi connectivity index (χ0) is 14.8. The van der Waals surface area contributed by atoms with Crippen molar-refractivity contribution < 1.29 is 12.8 Å². The zero-order valence-corrected chi connectivity index (χ0v) is 11.9. The first-order chi connectivity index (χ1) is 9.42. The molecule has 0 atom stereocenters. The molecule has 2 aromatic rings. The Morgan fingerprint density at radius 2 is 1.95 bits per heavy atom. The Morgan fingerprint density at radius 1 is 1.20 bits per heavy atom. The Hall–Kier alpha value is -1.63. The minimum atomic E-state index is -3.90. The highest BCUT2D eigenvalue weighted by atomic mass is 35.5. The van der Waals surface area contributed by atoms with Crippen molar-refractivity contribution in [2.45, 2.75) is 11.4 Å². The monoisotopic (exact) mass is 314 g/mol. The van der Waals surface area contributed by atoms with Gasteiger partial charge in [-0.1, -0.05) is 23.7 Å². The first-order valence-corrected chi connectivity index (χ1v) is 7.55. The van der Waals surface area contributed by atoms with Crippen LogP contribution in [-0.2, 0) is 16.6 Å². The van der Waals surface area contributed by atoms with Crippen LogP contribution in [0, 0.1) is 5.82 Å². The molecule has 2 rings (SSSR count). The molecule has 0 spiro atoms. The van der Waals surface area contributed by atoms with Crippen molar-refractivity contribution in [3.05, 3.63) is 58.9 Å². The van der Waals surface area contributed by atoms with E-state index >= 15 is 0 Å². The van der Waals surface area contributed by atoms with E-state index in [1.54, 1.807) is 6.07 Å². The summed E-state index contributed by atoms with van der Waals surface area (Å²) in [5.74, 6) is -0.535. The number of sulfonamides is 1. The van der Waals surface area contributed by atoms with Gasteiger partial charge in [-0.05, 0) is 35.9 Å². The maximum atomic E-state index is 13.1. The lowest BCUT2D eigenvalue weighted by molar-refractivity contribution is 0.601. The van der Waals surface area contributed by atoms with Crippen LogP contribution >= 0.6 is 11.6 Å². The quantitative estimate of drug-likeness (QED) is 0.911. The third kappa shape index (κ3) is 3.27. The molecule has 0 bridgehead atoms. The van der Waals surface area contributed by atoms with Crippen molar-refractivity contribution in [2.75, 3.05) is 4.72 Å². The summed E-state index contributed by atoms with van der Waals surface area (Å²) in [4.78, 5) is -0.0913. The largest absolute Gasteiger partial charge is 0.326 e. The molecule has 0 saturated carbocycles. The summed E-state index contributed by atoms with van der Waals surface area (Å²) in [6.45, 7) is 0.194. The second-order valence-corrected chi connectivity index (χ2v) is 6.14. The lowest BCUT2D eigenvalue weighted by Crippen LogP contribution is -2.14. The number of benzene rings is 2. The van der Waals surface area contributed by atoms with E-state index < -0.39 is 15.8 Å². The number of nitrogens with one attached hydrogen (secondary N) is 1. The Labute approximate surface area is 121 Å². The van der Waals surface area contributed by atoms with Crippen LogP contribution in [0.1, 0.15) is 5.56 Å². The third-order valence-electron chi connectivity index (χ3n) is 2.60. The van der Waals surface area contributed by atoms with Gasteiger partial charge in [0.1, 0.15) is 10.7 Å². The van der Waals surface area contributed by atoms with Crippen LogP contribution < -0.4 is 10.5 Å². The molecule has 4 nitrogen and oxygen atoms in total. The highest BCUT2D eigenvalue weighted by Gasteiger charge is 2.18. The van der Waals surface area contributed by atoms with E-state index in [1.807, 2.05) is 0 Å². The van der Waals surface area contributed by atoms with Gasteiger partial charge in [0, 0.05) is 6.54 Å². The van der Waals surface area contributed by atoms with Crippen LogP contribution in [0.4, 0.5) is 10.1 Å². The van der Waals surface area contributed by atoms with Gasteiger partial charge in [-0.15, -0.1) is 0 Å². The summed E-state index contributed by atoms with van der Waals surface area (Å²) in [7, 11) is -3.90. The van der Waals surface area contributed by atoms with Crippen molar-refractivity contribution in [1.82, 2.24) is 0 Å². The number of hydrogen-bond acceptors (Lipinski definition) is 3. The highest BCUT2D eigenvalue weighted by molar-refractivity contribution is 7.92.